The van der Waals surface area contributed by atoms with Crippen LogP contribution < -0.4 is 0 Å². The molecule has 3 aromatic rings. The summed E-state index contributed by atoms with van der Waals surface area (Å²) >= 11 is 0. The van der Waals surface area contributed by atoms with Gasteiger partial charge in [-0.3, -0.25) is 0 Å². The van der Waals surface area contributed by atoms with E-state index in [1.165, 1.54) is 28.4 Å². The highest BCUT2D eigenvalue weighted by Gasteiger charge is 2.23. The van der Waals surface area contributed by atoms with Gasteiger partial charge in [-0.2, -0.15) is 0 Å². The molecule has 0 saturated heterocycles. The van der Waals surface area contributed by atoms with E-state index in [2.05, 4.69) is 0 Å². The zero-order valence-corrected chi connectivity index (χ0v) is 28.5. The van der Waals surface area contributed by atoms with E-state index < -0.39 is 0 Å². The van der Waals surface area contributed by atoms with Crippen LogP contribution in [0.5, 0.6) is 23.0 Å². The van der Waals surface area contributed by atoms with Crippen LogP contribution in [0.1, 0.15) is 55.6 Å². The third kappa shape index (κ3) is 10.8. The van der Waals surface area contributed by atoms with Gasteiger partial charge in [0.15, 0.2) is 0 Å². The van der Waals surface area contributed by atoms with Crippen molar-refractivity contribution < 1.29 is 58.7 Å². The molecule has 0 aromatic heterocycles. The first-order valence-electron chi connectivity index (χ1n) is 14.9. The molecule has 3 rings (SSSR count). The largest absolute Gasteiger partial charge is 0.507 e. The molecule has 0 saturated carbocycles. The van der Waals surface area contributed by atoms with Crippen LogP contribution in [0.25, 0.3) is 0 Å². The minimum absolute atomic E-state index is 0.0430. The molecular weight excluding hydrogens is 612 g/mol. The van der Waals surface area contributed by atoms with E-state index in [0.717, 1.165) is 11.1 Å². The van der Waals surface area contributed by atoms with Crippen LogP contribution in [0.15, 0.2) is 24.3 Å². The summed E-state index contributed by atoms with van der Waals surface area (Å²) in [6.07, 6.45) is 0.971. The van der Waals surface area contributed by atoms with E-state index in [9.17, 15) is 25.5 Å². The molecule has 0 aliphatic heterocycles. The van der Waals surface area contributed by atoms with Gasteiger partial charge in [0.05, 0.1) is 46.2 Å². The second-order valence-electron chi connectivity index (χ2n) is 10.8. The maximum atomic E-state index is 10.4. The van der Waals surface area contributed by atoms with Gasteiger partial charge < -0.3 is 58.7 Å². The molecule has 12 heteroatoms. The highest BCUT2D eigenvalue weighted by atomic mass is 16.5. The Kier molecular flexibility index (Phi) is 17.5. The molecule has 12 nitrogen and oxygen atoms in total. The first-order valence-corrected chi connectivity index (χ1v) is 14.9. The van der Waals surface area contributed by atoms with Crippen molar-refractivity contribution in [2.75, 3.05) is 56.4 Å². The van der Waals surface area contributed by atoms with E-state index in [1.807, 2.05) is 24.3 Å². The SMILES string of the molecule is COCc1c(O)c(COC)c(COC)c(O)c1COC.COCc1cc(Cc2cc(COC)c(O)c(COC)c2)cc(CCO)c1O. The fourth-order valence-electron chi connectivity index (χ4n) is 5.35. The van der Waals surface area contributed by atoms with Gasteiger partial charge in [-0.05, 0) is 47.7 Å². The first kappa shape index (κ1) is 39.7. The zero-order valence-electron chi connectivity index (χ0n) is 28.5. The normalized spacial score (nSPS) is 11.1. The van der Waals surface area contributed by atoms with Crippen LogP contribution in [-0.4, -0.2) is 81.9 Å². The number of methoxy groups -OCH3 is 7. The summed E-state index contributed by atoms with van der Waals surface area (Å²) < 4.78 is 35.9. The third-order valence-corrected chi connectivity index (χ3v) is 7.37. The maximum Gasteiger partial charge on any atom is 0.127 e. The Labute approximate surface area is 277 Å². The molecule has 5 N–H and O–H groups in total. The first-order chi connectivity index (χ1) is 22.6. The summed E-state index contributed by atoms with van der Waals surface area (Å²) in [4.78, 5) is 0. The third-order valence-electron chi connectivity index (χ3n) is 7.37. The molecule has 3 aromatic carbocycles. The number of hydrogen-bond acceptors (Lipinski definition) is 12. The number of ether oxygens (including phenoxy) is 7. The van der Waals surface area contributed by atoms with Crippen molar-refractivity contribution in [2.24, 2.45) is 0 Å². The van der Waals surface area contributed by atoms with Crippen LogP contribution in [0.2, 0.25) is 0 Å². The van der Waals surface area contributed by atoms with Crippen LogP contribution in [0, 0.1) is 0 Å². The summed E-state index contributed by atoms with van der Waals surface area (Å²) in [5, 5.41) is 50.8. The summed E-state index contributed by atoms with van der Waals surface area (Å²) in [6.45, 7) is 1.53. The minimum atomic E-state index is -0.0430. The van der Waals surface area contributed by atoms with Crippen molar-refractivity contribution in [2.45, 2.75) is 59.1 Å². The van der Waals surface area contributed by atoms with Crippen molar-refractivity contribution in [3.05, 3.63) is 79.9 Å². The van der Waals surface area contributed by atoms with Crippen LogP contribution in [-0.2, 0) is 92.2 Å². The number of benzene rings is 3. The molecule has 0 spiro atoms. The maximum absolute atomic E-state index is 10.4. The molecule has 0 radical (unpaired) electrons. The summed E-state index contributed by atoms with van der Waals surface area (Å²) in [7, 11) is 10.8. The molecule has 0 unspecified atom stereocenters. The zero-order chi connectivity index (χ0) is 34.9. The summed E-state index contributed by atoms with van der Waals surface area (Å²) in [5.74, 6) is 0.450. The topological polar surface area (TPSA) is 166 Å². The van der Waals surface area contributed by atoms with E-state index in [4.69, 9.17) is 33.2 Å². The summed E-state index contributed by atoms with van der Waals surface area (Å²) in [5.41, 5.74) is 6.76. The molecule has 0 bridgehead atoms. The van der Waals surface area contributed by atoms with E-state index >= 15 is 0 Å². The Morgan fingerprint density at radius 3 is 0.957 bits per heavy atom. The van der Waals surface area contributed by atoms with Crippen molar-refractivity contribution >= 4 is 0 Å². The predicted molar refractivity (Wildman–Crippen MR) is 175 cm³/mol. The molecule has 0 aliphatic rings. The monoisotopic (exact) mass is 662 g/mol. The van der Waals surface area contributed by atoms with Crippen molar-refractivity contribution in [3.8, 4) is 23.0 Å². The molecule has 0 aliphatic carbocycles. The van der Waals surface area contributed by atoms with Crippen molar-refractivity contribution in [1.82, 2.24) is 0 Å². The number of hydrogen-bond donors (Lipinski definition) is 5. The minimum Gasteiger partial charge on any atom is -0.507 e. The fourth-order valence-corrected chi connectivity index (χ4v) is 5.35. The van der Waals surface area contributed by atoms with Crippen LogP contribution in [0.4, 0.5) is 0 Å². The standard InChI is InChI=1S/C21H28O6.C14H22O6/c1-25-11-17-8-14(7-16(4-5-22)20(17)23)6-15-9-18(12-26-2)21(24)19(10-15)13-27-3;1-17-5-9-10(6-18-2)14(16)12(8-20-4)11(7-19-3)13(9)15/h7-10,22-24H,4-6,11-13H2,1-3H3;15-16H,5-8H2,1-4H3. The summed E-state index contributed by atoms with van der Waals surface area (Å²) in [6, 6.07) is 7.61. The van der Waals surface area contributed by atoms with Gasteiger partial charge in [0.25, 0.3) is 0 Å². The van der Waals surface area contributed by atoms with Gasteiger partial charge in [-0.25, -0.2) is 0 Å². The lowest BCUT2D eigenvalue weighted by atomic mass is 9.95. The fraction of sp³-hybridized carbons (Fsp3) is 0.486. The quantitative estimate of drug-likeness (QED) is 0.123. The van der Waals surface area contributed by atoms with Crippen LogP contribution in [0.3, 0.4) is 0 Å². The number of phenols is 4. The lowest BCUT2D eigenvalue weighted by molar-refractivity contribution is 0.152. The van der Waals surface area contributed by atoms with E-state index in [0.29, 0.717) is 70.6 Å². The van der Waals surface area contributed by atoms with Gasteiger partial charge in [-0.1, -0.05) is 6.07 Å². The second kappa shape index (κ2) is 20.7. The molecular formula is C35H50O12. The molecule has 0 amide bonds. The number of rotatable bonds is 18. The second-order valence-corrected chi connectivity index (χ2v) is 10.8. The molecule has 47 heavy (non-hydrogen) atoms. The number of aromatic hydroxyl groups is 4. The van der Waals surface area contributed by atoms with Gasteiger partial charge in [0.1, 0.15) is 23.0 Å². The van der Waals surface area contributed by atoms with Crippen molar-refractivity contribution in [3.63, 3.8) is 0 Å². The van der Waals surface area contributed by atoms with Gasteiger partial charge >= 0.3 is 0 Å². The molecule has 262 valence electrons. The van der Waals surface area contributed by atoms with Crippen LogP contribution >= 0.6 is 0 Å². The smallest absolute Gasteiger partial charge is 0.127 e. The highest BCUT2D eigenvalue weighted by Crippen LogP contribution is 2.39. The Morgan fingerprint density at radius 1 is 0.404 bits per heavy atom. The van der Waals surface area contributed by atoms with Crippen molar-refractivity contribution in [1.29, 1.82) is 0 Å². The Bertz CT molecular complexity index is 1210. The lowest BCUT2D eigenvalue weighted by Crippen LogP contribution is -2.07. The number of aliphatic hydroxyl groups is 1. The molecule has 0 fully saturated rings. The van der Waals surface area contributed by atoms with Gasteiger partial charge in [0.2, 0.25) is 0 Å². The highest BCUT2D eigenvalue weighted by molar-refractivity contribution is 5.57. The van der Waals surface area contributed by atoms with E-state index in [1.54, 1.807) is 21.3 Å². The number of aliphatic hydroxyl groups excluding tert-OH is 1. The van der Waals surface area contributed by atoms with Gasteiger partial charge in [0, 0.05) is 95.3 Å². The molecule has 0 heterocycles. The Hall–Kier alpha value is -3.46. The Balaban J connectivity index is 0.000000343. The average molecular weight is 663 g/mol. The predicted octanol–water partition coefficient (Wildman–Crippen LogP) is 4.35. The molecule has 0 atom stereocenters. The Morgan fingerprint density at radius 2 is 0.681 bits per heavy atom. The van der Waals surface area contributed by atoms with E-state index in [-0.39, 0.29) is 62.6 Å². The average Bonchev–Trinajstić information content (AvgIpc) is 3.04. The lowest BCUT2D eigenvalue weighted by Gasteiger charge is -2.20. The van der Waals surface area contributed by atoms with Gasteiger partial charge in [-0.15, -0.1) is 0 Å². The number of phenolic OH excluding ortho intramolecular Hbond substituents is 4.